The van der Waals surface area contributed by atoms with E-state index in [1.807, 2.05) is 28.9 Å². The molecule has 2 rings (SSSR count). The summed E-state index contributed by atoms with van der Waals surface area (Å²) in [6.45, 7) is 4.71. The molecule has 1 atom stereocenters. The molecule has 0 radical (unpaired) electrons. The highest BCUT2D eigenvalue weighted by Gasteiger charge is 2.08. The van der Waals surface area contributed by atoms with Crippen LogP contribution in [-0.2, 0) is 6.54 Å². The van der Waals surface area contributed by atoms with E-state index in [-0.39, 0.29) is 0 Å². The second-order valence-corrected chi connectivity index (χ2v) is 4.06. The van der Waals surface area contributed by atoms with E-state index >= 15 is 0 Å². The maximum Gasteiger partial charge on any atom is 0.0932 e. The van der Waals surface area contributed by atoms with E-state index in [1.165, 1.54) is 0 Å². The van der Waals surface area contributed by atoms with Crippen molar-refractivity contribution < 1.29 is 5.11 Å². The topological polar surface area (TPSA) is 50.9 Å². The molecule has 1 N–H and O–H groups in total. The van der Waals surface area contributed by atoms with Crippen LogP contribution in [0.5, 0.6) is 0 Å². The molecule has 2 aromatic heterocycles. The van der Waals surface area contributed by atoms with Crippen molar-refractivity contribution in [1.29, 1.82) is 0 Å². The number of rotatable bonds is 4. The normalized spacial score (nSPS) is 12.6. The quantitative estimate of drug-likeness (QED) is 0.879. The summed E-state index contributed by atoms with van der Waals surface area (Å²) < 4.78 is 1.94. The summed E-state index contributed by atoms with van der Waals surface area (Å²) in [5.74, 6) is 0. The van der Waals surface area contributed by atoms with Crippen LogP contribution in [0.2, 0.25) is 0 Å². The van der Waals surface area contributed by atoms with Crippen molar-refractivity contribution in [3.8, 4) is 11.4 Å². The Hall–Kier alpha value is -1.68. The summed E-state index contributed by atoms with van der Waals surface area (Å²) in [4.78, 5) is 4.45. The minimum Gasteiger partial charge on any atom is -0.387 e. The van der Waals surface area contributed by atoms with Crippen LogP contribution < -0.4 is 0 Å². The Kier molecular flexibility index (Phi) is 3.54. The smallest absolute Gasteiger partial charge is 0.0932 e. The fourth-order valence-corrected chi connectivity index (χ4v) is 1.77. The molecule has 17 heavy (non-hydrogen) atoms. The zero-order valence-corrected chi connectivity index (χ0v) is 10.2. The van der Waals surface area contributed by atoms with Gasteiger partial charge in [0.25, 0.3) is 0 Å². The number of nitrogens with zero attached hydrogens (tertiary/aromatic N) is 3. The van der Waals surface area contributed by atoms with Gasteiger partial charge in [0.2, 0.25) is 0 Å². The predicted octanol–water partition coefficient (Wildman–Crippen LogP) is 2.41. The fourth-order valence-electron chi connectivity index (χ4n) is 1.77. The molecule has 0 fully saturated rings. The van der Waals surface area contributed by atoms with Crippen LogP contribution in [0.15, 0.2) is 30.5 Å². The first-order valence-electron chi connectivity index (χ1n) is 5.89. The highest BCUT2D eigenvalue weighted by molar-refractivity contribution is 5.54. The molecule has 0 saturated carbocycles. The van der Waals surface area contributed by atoms with Gasteiger partial charge in [0.05, 0.1) is 23.2 Å². The summed E-state index contributed by atoms with van der Waals surface area (Å²) in [6, 6.07) is 7.63. The van der Waals surface area contributed by atoms with Crippen LogP contribution in [0.4, 0.5) is 0 Å². The number of aliphatic hydroxyl groups is 1. The van der Waals surface area contributed by atoms with E-state index in [4.69, 9.17) is 0 Å². The van der Waals surface area contributed by atoms with E-state index in [0.29, 0.717) is 5.69 Å². The van der Waals surface area contributed by atoms with E-state index in [2.05, 4.69) is 17.0 Å². The number of pyridine rings is 1. The van der Waals surface area contributed by atoms with Crippen molar-refractivity contribution in [2.75, 3.05) is 0 Å². The van der Waals surface area contributed by atoms with Gasteiger partial charge in [0.1, 0.15) is 0 Å². The van der Waals surface area contributed by atoms with Crippen LogP contribution in [0.25, 0.3) is 11.4 Å². The molecule has 4 heteroatoms. The van der Waals surface area contributed by atoms with Gasteiger partial charge in [-0.1, -0.05) is 13.0 Å². The Bertz CT molecular complexity index is 491. The number of aromatic nitrogens is 3. The number of aliphatic hydroxyl groups excluding tert-OH is 1. The molecule has 0 bridgehead atoms. The molecule has 2 aromatic rings. The Morgan fingerprint density at radius 2 is 2.18 bits per heavy atom. The van der Waals surface area contributed by atoms with Crippen molar-refractivity contribution >= 4 is 0 Å². The largest absolute Gasteiger partial charge is 0.387 e. The Morgan fingerprint density at radius 1 is 1.35 bits per heavy atom. The molecule has 0 spiro atoms. The fraction of sp³-hybridized carbons (Fsp3) is 0.385. The molecule has 0 aliphatic heterocycles. The standard InChI is InChI=1S/C13H17N3O/c1-3-9-16-13(7-8-14-16)12-6-4-5-11(15-12)10(2)17/h4-8,10,17H,3,9H2,1-2H3/t10-/m1/s1. The van der Waals surface area contributed by atoms with Crippen LogP contribution in [-0.4, -0.2) is 19.9 Å². The molecular formula is C13H17N3O. The first kappa shape index (κ1) is 11.8. The number of aryl methyl sites for hydroxylation is 1. The highest BCUT2D eigenvalue weighted by Crippen LogP contribution is 2.19. The van der Waals surface area contributed by atoms with E-state index in [9.17, 15) is 5.11 Å². The third-order valence-electron chi connectivity index (χ3n) is 2.61. The van der Waals surface area contributed by atoms with Gasteiger partial charge >= 0.3 is 0 Å². The summed E-state index contributed by atoms with van der Waals surface area (Å²) in [5.41, 5.74) is 2.54. The van der Waals surface area contributed by atoms with Gasteiger partial charge in [-0.15, -0.1) is 0 Å². The maximum atomic E-state index is 9.53. The van der Waals surface area contributed by atoms with Crippen molar-refractivity contribution in [3.63, 3.8) is 0 Å². The first-order valence-corrected chi connectivity index (χ1v) is 5.89. The van der Waals surface area contributed by atoms with Gasteiger partial charge < -0.3 is 5.11 Å². The molecule has 0 aromatic carbocycles. The third-order valence-corrected chi connectivity index (χ3v) is 2.61. The molecule has 90 valence electrons. The maximum absolute atomic E-state index is 9.53. The summed E-state index contributed by atoms with van der Waals surface area (Å²) in [5, 5.41) is 13.8. The van der Waals surface area contributed by atoms with Crippen molar-refractivity contribution in [1.82, 2.24) is 14.8 Å². The first-order chi connectivity index (χ1) is 8.22. The van der Waals surface area contributed by atoms with E-state index < -0.39 is 6.10 Å². The summed E-state index contributed by atoms with van der Waals surface area (Å²) >= 11 is 0. The highest BCUT2D eigenvalue weighted by atomic mass is 16.3. The van der Waals surface area contributed by atoms with Crippen molar-refractivity contribution in [3.05, 3.63) is 36.2 Å². The van der Waals surface area contributed by atoms with Gasteiger partial charge in [-0.25, -0.2) is 4.98 Å². The lowest BCUT2D eigenvalue weighted by Crippen LogP contribution is -2.03. The zero-order chi connectivity index (χ0) is 12.3. The second-order valence-electron chi connectivity index (χ2n) is 4.06. The molecular weight excluding hydrogens is 214 g/mol. The molecule has 0 saturated heterocycles. The average molecular weight is 231 g/mol. The lowest BCUT2D eigenvalue weighted by Gasteiger charge is -2.08. The molecule has 0 amide bonds. The van der Waals surface area contributed by atoms with Gasteiger partial charge in [0.15, 0.2) is 0 Å². The van der Waals surface area contributed by atoms with Crippen LogP contribution in [0, 0.1) is 0 Å². The van der Waals surface area contributed by atoms with Crippen LogP contribution in [0.3, 0.4) is 0 Å². The van der Waals surface area contributed by atoms with Gasteiger partial charge in [-0.05, 0) is 31.5 Å². The summed E-state index contributed by atoms with van der Waals surface area (Å²) in [7, 11) is 0. The molecule has 0 aliphatic carbocycles. The van der Waals surface area contributed by atoms with Crippen LogP contribution in [0.1, 0.15) is 32.1 Å². The number of hydrogen-bond donors (Lipinski definition) is 1. The monoisotopic (exact) mass is 231 g/mol. The van der Waals surface area contributed by atoms with Crippen molar-refractivity contribution in [2.45, 2.75) is 32.9 Å². The third kappa shape index (κ3) is 2.53. The minimum absolute atomic E-state index is 0.544. The molecule has 0 aliphatic rings. The van der Waals surface area contributed by atoms with Gasteiger partial charge in [-0.2, -0.15) is 5.10 Å². The second kappa shape index (κ2) is 5.10. The Morgan fingerprint density at radius 3 is 2.88 bits per heavy atom. The Labute approximate surface area is 101 Å². The van der Waals surface area contributed by atoms with E-state index in [0.717, 1.165) is 24.4 Å². The summed E-state index contributed by atoms with van der Waals surface area (Å²) in [6.07, 6.45) is 2.27. The average Bonchev–Trinajstić information content (AvgIpc) is 2.78. The molecule has 2 heterocycles. The van der Waals surface area contributed by atoms with Gasteiger partial charge in [-0.3, -0.25) is 4.68 Å². The minimum atomic E-state index is -0.544. The lowest BCUT2D eigenvalue weighted by molar-refractivity contribution is 0.194. The molecule has 0 unspecified atom stereocenters. The SMILES string of the molecule is CCCn1nccc1-c1cccc([C@@H](C)O)n1. The zero-order valence-electron chi connectivity index (χ0n) is 10.2. The van der Waals surface area contributed by atoms with Crippen LogP contribution >= 0.6 is 0 Å². The molecule has 4 nitrogen and oxygen atoms in total. The lowest BCUT2D eigenvalue weighted by atomic mass is 10.2. The van der Waals surface area contributed by atoms with E-state index in [1.54, 1.807) is 13.1 Å². The van der Waals surface area contributed by atoms with Crippen molar-refractivity contribution in [2.24, 2.45) is 0 Å². The predicted molar refractivity (Wildman–Crippen MR) is 66.4 cm³/mol. The van der Waals surface area contributed by atoms with Gasteiger partial charge in [0, 0.05) is 12.7 Å². The Balaban J connectivity index is 2.38. The number of hydrogen-bond acceptors (Lipinski definition) is 3.